The maximum Gasteiger partial charge on any atom is 0.522 e. The van der Waals surface area contributed by atoms with E-state index < -0.39 is 30.8 Å². The third-order valence-corrected chi connectivity index (χ3v) is 1.42. The number of hydrogen-bond acceptors (Lipinski definition) is 5. The third kappa shape index (κ3) is 10.8. The van der Waals surface area contributed by atoms with E-state index in [1.807, 2.05) is 0 Å². The summed E-state index contributed by atoms with van der Waals surface area (Å²) in [5.41, 5.74) is 0. The Bertz CT molecular complexity index is 354. The Labute approximate surface area is 106 Å². The monoisotopic (exact) mass is 283 g/mol. The fourth-order valence-corrected chi connectivity index (χ4v) is 0.723. The minimum atomic E-state index is -4.83. The zero-order chi connectivity index (χ0) is 14.9. The number of esters is 1. The van der Waals surface area contributed by atoms with Crippen molar-refractivity contribution in [2.24, 2.45) is 0 Å². The molecule has 0 aromatic carbocycles. The second kappa shape index (κ2) is 8.14. The lowest BCUT2D eigenvalue weighted by Gasteiger charge is -2.10. The van der Waals surface area contributed by atoms with Crippen LogP contribution < -0.4 is 5.32 Å². The van der Waals surface area contributed by atoms with Crippen LogP contribution in [0.15, 0.2) is 25.0 Å². The van der Waals surface area contributed by atoms with Crippen molar-refractivity contribution in [1.29, 1.82) is 0 Å². The molecule has 0 aliphatic carbocycles. The van der Waals surface area contributed by atoms with E-state index in [0.29, 0.717) is 0 Å². The first-order valence-electron chi connectivity index (χ1n) is 4.88. The molecule has 0 aliphatic rings. The van der Waals surface area contributed by atoms with Crippen molar-refractivity contribution in [2.45, 2.75) is 6.36 Å². The Morgan fingerprint density at radius 2 is 1.95 bits per heavy atom. The molecular weight excluding hydrogens is 271 g/mol. The first-order chi connectivity index (χ1) is 8.74. The van der Waals surface area contributed by atoms with E-state index in [-0.39, 0.29) is 13.2 Å². The highest BCUT2D eigenvalue weighted by molar-refractivity contribution is 5.81. The summed E-state index contributed by atoms with van der Waals surface area (Å²) in [5, 5.41) is 2.12. The molecule has 6 nitrogen and oxygen atoms in total. The number of carbonyl (C=O) groups excluding carboxylic acids is 2. The molecule has 0 heterocycles. The quantitative estimate of drug-likeness (QED) is 0.331. The molecule has 0 aromatic heterocycles. The number of alkyl halides is 3. The standard InChI is InChI=1S/C10H12F3NO5/c1-3-8(15)17-5-4-14-9(16)19-7(2)6-18-10(11,12)13/h3H,1-2,4-6H2,(H,14,16). The molecule has 0 spiro atoms. The second-order valence-electron chi connectivity index (χ2n) is 2.96. The summed E-state index contributed by atoms with van der Waals surface area (Å²) >= 11 is 0. The Morgan fingerprint density at radius 1 is 1.32 bits per heavy atom. The number of alkyl carbamates (subject to hydrolysis) is 1. The number of nitrogens with one attached hydrogen (secondary N) is 1. The van der Waals surface area contributed by atoms with Gasteiger partial charge in [0.1, 0.15) is 19.0 Å². The summed E-state index contributed by atoms with van der Waals surface area (Å²) in [6.07, 6.45) is -4.93. The topological polar surface area (TPSA) is 73.9 Å². The summed E-state index contributed by atoms with van der Waals surface area (Å²) in [6.45, 7) is 5.00. The first-order valence-corrected chi connectivity index (χ1v) is 4.88. The van der Waals surface area contributed by atoms with E-state index in [2.05, 4.69) is 32.7 Å². The zero-order valence-corrected chi connectivity index (χ0v) is 9.79. The van der Waals surface area contributed by atoms with E-state index in [1.54, 1.807) is 0 Å². The van der Waals surface area contributed by atoms with Crippen molar-refractivity contribution in [3.05, 3.63) is 25.0 Å². The Balaban J connectivity index is 3.71. The molecule has 0 atom stereocenters. The van der Waals surface area contributed by atoms with Gasteiger partial charge in [0.15, 0.2) is 0 Å². The van der Waals surface area contributed by atoms with Gasteiger partial charge in [-0.3, -0.25) is 4.74 Å². The van der Waals surface area contributed by atoms with Crippen LogP contribution in [0.2, 0.25) is 0 Å². The van der Waals surface area contributed by atoms with Gasteiger partial charge < -0.3 is 14.8 Å². The van der Waals surface area contributed by atoms with Gasteiger partial charge in [0.05, 0.1) is 6.54 Å². The first kappa shape index (κ1) is 17.0. The maximum absolute atomic E-state index is 11.6. The molecule has 0 aliphatic heterocycles. The molecule has 0 radical (unpaired) electrons. The van der Waals surface area contributed by atoms with Crippen molar-refractivity contribution in [1.82, 2.24) is 5.32 Å². The summed E-state index contributed by atoms with van der Waals surface area (Å²) in [6, 6.07) is 0. The number of hydrogen-bond donors (Lipinski definition) is 1. The molecular formula is C10H12F3NO5. The van der Waals surface area contributed by atoms with Gasteiger partial charge in [0, 0.05) is 6.08 Å². The van der Waals surface area contributed by atoms with Crippen LogP contribution in [-0.2, 0) is 19.0 Å². The summed E-state index contributed by atoms with van der Waals surface area (Å²) in [7, 11) is 0. The largest absolute Gasteiger partial charge is 0.522 e. The van der Waals surface area contributed by atoms with Gasteiger partial charge in [0.25, 0.3) is 0 Å². The van der Waals surface area contributed by atoms with Crippen molar-refractivity contribution in [3.63, 3.8) is 0 Å². The Morgan fingerprint density at radius 3 is 2.47 bits per heavy atom. The van der Waals surface area contributed by atoms with Crippen LogP contribution in [0, 0.1) is 0 Å². The van der Waals surface area contributed by atoms with E-state index in [4.69, 9.17) is 0 Å². The van der Waals surface area contributed by atoms with Crippen LogP contribution in [0.1, 0.15) is 0 Å². The van der Waals surface area contributed by atoms with Gasteiger partial charge in [-0.05, 0) is 0 Å². The summed E-state index contributed by atoms with van der Waals surface area (Å²) < 4.78 is 47.1. The lowest BCUT2D eigenvalue weighted by molar-refractivity contribution is -0.322. The second-order valence-corrected chi connectivity index (χ2v) is 2.96. The molecule has 1 N–H and O–H groups in total. The summed E-state index contributed by atoms with van der Waals surface area (Å²) in [4.78, 5) is 21.6. The highest BCUT2D eigenvalue weighted by atomic mass is 19.4. The molecule has 0 unspecified atom stereocenters. The Hall–Kier alpha value is -2.03. The van der Waals surface area contributed by atoms with Crippen molar-refractivity contribution >= 4 is 12.1 Å². The fraction of sp³-hybridized carbons (Fsp3) is 0.400. The van der Waals surface area contributed by atoms with Crippen LogP contribution in [0.3, 0.4) is 0 Å². The van der Waals surface area contributed by atoms with Gasteiger partial charge in [-0.15, -0.1) is 13.2 Å². The molecule has 0 saturated heterocycles. The molecule has 0 rings (SSSR count). The van der Waals surface area contributed by atoms with Gasteiger partial charge in [0.2, 0.25) is 0 Å². The van der Waals surface area contributed by atoms with E-state index >= 15 is 0 Å². The van der Waals surface area contributed by atoms with Gasteiger partial charge >= 0.3 is 18.4 Å². The zero-order valence-electron chi connectivity index (χ0n) is 9.79. The van der Waals surface area contributed by atoms with E-state index in [1.165, 1.54) is 0 Å². The van der Waals surface area contributed by atoms with Crippen molar-refractivity contribution in [3.8, 4) is 0 Å². The lowest BCUT2D eigenvalue weighted by atomic mass is 10.6. The van der Waals surface area contributed by atoms with Crippen LogP contribution in [-0.4, -0.2) is 38.2 Å². The van der Waals surface area contributed by atoms with Crippen LogP contribution in [0.5, 0.6) is 0 Å². The van der Waals surface area contributed by atoms with Gasteiger partial charge in [-0.1, -0.05) is 13.2 Å². The third-order valence-electron chi connectivity index (χ3n) is 1.42. The molecule has 0 bridgehead atoms. The minimum Gasteiger partial charge on any atom is -0.461 e. The predicted molar refractivity (Wildman–Crippen MR) is 56.8 cm³/mol. The number of carbonyl (C=O) groups is 2. The fourth-order valence-electron chi connectivity index (χ4n) is 0.723. The van der Waals surface area contributed by atoms with Gasteiger partial charge in [-0.25, -0.2) is 9.59 Å². The molecule has 0 fully saturated rings. The molecule has 0 saturated carbocycles. The minimum absolute atomic E-state index is 0.0776. The maximum atomic E-state index is 11.6. The number of rotatable bonds is 7. The normalized spacial score (nSPS) is 10.5. The van der Waals surface area contributed by atoms with Crippen LogP contribution in [0.4, 0.5) is 18.0 Å². The lowest BCUT2D eigenvalue weighted by Crippen LogP contribution is -2.29. The predicted octanol–water partition coefficient (Wildman–Crippen LogP) is 1.49. The number of amides is 1. The molecule has 0 aromatic rings. The SMILES string of the molecule is C=CC(=O)OCCNC(=O)OC(=C)COC(F)(F)F. The van der Waals surface area contributed by atoms with Crippen molar-refractivity contribution in [2.75, 3.05) is 19.8 Å². The summed E-state index contributed by atoms with van der Waals surface area (Å²) in [5.74, 6) is -1.18. The number of halogens is 3. The van der Waals surface area contributed by atoms with Crippen LogP contribution >= 0.6 is 0 Å². The molecule has 9 heteroatoms. The average molecular weight is 283 g/mol. The molecule has 1 amide bonds. The van der Waals surface area contributed by atoms with Gasteiger partial charge in [-0.2, -0.15) is 0 Å². The molecule has 108 valence electrons. The smallest absolute Gasteiger partial charge is 0.461 e. The van der Waals surface area contributed by atoms with Crippen molar-refractivity contribution < 1.29 is 37.0 Å². The van der Waals surface area contributed by atoms with E-state index in [0.717, 1.165) is 6.08 Å². The average Bonchev–Trinajstić information content (AvgIpc) is 2.31. The number of ether oxygens (including phenoxy) is 3. The van der Waals surface area contributed by atoms with E-state index in [9.17, 15) is 22.8 Å². The highest BCUT2D eigenvalue weighted by Crippen LogP contribution is 2.17. The highest BCUT2D eigenvalue weighted by Gasteiger charge is 2.29. The molecule has 19 heavy (non-hydrogen) atoms. The van der Waals surface area contributed by atoms with Crippen LogP contribution in [0.25, 0.3) is 0 Å². The Kier molecular flexibility index (Phi) is 7.27.